The predicted molar refractivity (Wildman–Crippen MR) is 127 cm³/mol. The van der Waals surface area contributed by atoms with E-state index in [1.54, 1.807) is 27.0 Å². The molecule has 2 heterocycles. The molecule has 10 nitrogen and oxygen atoms in total. The van der Waals surface area contributed by atoms with E-state index in [1.807, 2.05) is 40.0 Å². The van der Waals surface area contributed by atoms with Crippen LogP contribution in [-0.2, 0) is 28.0 Å². The topological polar surface area (TPSA) is 121 Å². The van der Waals surface area contributed by atoms with Gasteiger partial charge >= 0.3 is 22.3 Å². The van der Waals surface area contributed by atoms with Gasteiger partial charge in [0.15, 0.2) is 0 Å². The molecule has 3 amide bonds. The highest BCUT2D eigenvalue weighted by atomic mass is 32.2. The second-order valence-corrected chi connectivity index (χ2v) is 11.3. The number of fused-ring (bicyclic) bond motifs is 1. The van der Waals surface area contributed by atoms with Gasteiger partial charge in [0.1, 0.15) is 11.4 Å². The molecular formula is C23H29N5O5S. The predicted octanol–water partition coefficient (Wildman–Crippen LogP) is 3.46. The number of benzene rings is 1. The van der Waals surface area contributed by atoms with Crippen LogP contribution in [0.5, 0.6) is 0 Å². The number of anilines is 1. The fourth-order valence-electron chi connectivity index (χ4n) is 3.74. The van der Waals surface area contributed by atoms with Crippen LogP contribution >= 0.6 is 0 Å². The first-order chi connectivity index (χ1) is 15.9. The molecule has 182 valence electrons. The van der Waals surface area contributed by atoms with Crippen LogP contribution in [-0.4, -0.2) is 53.4 Å². The van der Waals surface area contributed by atoms with Crippen molar-refractivity contribution in [2.75, 3.05) is 12.4 Å². The summed E-state index contributed by atoms with van der Waals surface area (Å²) in [5.74, 6) is 0.572. The second kappa shape index (κ2) is 8.88. The van der Waals surface area contributed by atoms with E-state index in [-0.39, 0.29) is 18.6 Å². The van der Waals surface area contributed by atoms with Crippen molar-refractivity contribution in [1.29, 1.82) is 0 Å². The molecule has 1 aromatic carbocycles. The molecule has 0 unspecified atom stereocenters. The van der Waals surface area contributed by atoms with Crippen molar-refractivity contribution in [3.63, 3.8) is 0 Å². The molecule has 1 aliphatic carbocycles. The standard InChI is InChI=1S/C23H29N5O5S/c1-23(2,3)33-22(30)26-34(31,32)27(4)13-15-5-7-16(8-6-15)18-11-12-24-20-19(18)14-28(17-9-10-17)21(29)25-20/h5-8,11-12,17H,9-10,13-14H2,1-4H3,(H,26,30)(H,24,25,29). The lowest BCUT2D eigenvalue weighted by Crippen LogP contribution is -2.43. The van der Waals surface area contributed by atoms with E-state index in [0.29, 0.717) is 12.4 Å². The molecule has 2 aromatic rings. The Kier molecular flexibility index (Phi) is 6.26. The number of hydrogen-bond donors (Lipinski definition) is 2. The Labute approximate surface area is 199 Å². The van der Waals surface area contributed by atoms with Gasteiger partial charge in [-0.05, 0) is 56.4 Å². The summed E-state index contributed by atoms with van der Waals surface area (Å²) < 4.78 is 32.9. The Morgan fingerprint density at radius 2 is 1.91 bits per heavy atom. The molecule has 2 aliphatic rings. The summed E-state index contributed by atoms with van der Waals surface area (Å²) in [5.41, 5.74) is 2.81. The first-order valence-corrected chi connectivity index (χ1v) is 12.5. The van der Waals surface area contributed by atoms with E-state index >= 15 is 0 Å². The summed E-state index contributed by atoms with van der Waals surface area (Å²) in [6.45, 7) is 5.54. The van der Waals surface area contributed by atoms with Crippen LogP contribution < -0.4 is 10.0 Å². The number of urea groups is 1. The van der Waals surface area contributed by atoms with Crippen molar-refractivity contribution >= 4 is 28.2 Å². The van der Waals surface area contributed by atoms with Crippen molar-refractivity contribution in [1.82, 2.24) is 18.9 Å². The Bertz CT molecular complexity index is 1200. The molecule has 0 radical (unpaired) electrons. The molecule has 0 spiro atoms. The van der Waals surface area contributed by atoms with E-state index in [1.165, 1.54) is 7.05 Å². The van der Waals surface area contributed by atoms with E-state index in [4.69, 9.17) is 4.74 Å². The number of amides is 3. The molecule has 1 aliphatic heterocycles. The normalized spacial score (nSPS) is 16.1. The van der Waals surface area contributed by atoms with Crippen LogP contribution in [0, 0.1) is 0 Å². The van der Waals surface area contributed by atoms with Gasteiger partial charge in [-0.1, -0.05) is 24.3 Å². The minimum Gasteiger partial charge on any atom is -0.443 e. The smallest absolute Gasteiger partial charge is 0.422 e. The molecule has 2 N–H and O–H groups in total. The fourth-order valence-corrected chi connectivity index (χ4v) is 4.47. The summed E-state index contributed by atoms with van der Waals surface area (Å²) in [7, 11) is -2.68. The summed E-state index contributed by atoms with van der Waals surface area (Å²) in [5, 5.41) is 2.88. The lowest BCUT2D eigenvalue weighted by Gasteiger charge is -2.30. The van der Waals surface area contributed by atoms with Gasteiger partial charge < -0.3 is 9.64 Å². The highest BCUT2D eigenvalue weighted by Gasteiger charge is 2.36. The zero-order valence-electron chi connectivity index (χ0n) is 19.7. The largest absolute Gasteiger partial charge is 0.443 e. The zero-order valence-corrected chi connectivity index (χ0v) is 20.5. The lowest BCUT2D eigenvalue weighted by molar-refractivity contribution is 0.0567. The maximum atomic E-state index is 12.5. The van der Waals surface area contributed by atoms with Gasteiger partial charge in [-0.3, -0.25) is 5.32 Å². The van der Waals surface area contributed by atoms with Gasteiger partial charge in [0.2, 0.25) is 0 Å². The third kappa shape index (κ3) is 5.48. The zero-order chi connectivity index (χ0) is 24.7. The Balaban J connectivity index is 1.47. The number of hydrogen-bond acceptors (Lipinski definition) is 6. The van der Waals surface area contributed by atoms with Crippen LogP contribution in [0.3, 0.4) is 0 Å². The molecule has 1 fully saturated rings. The molecular weight excluding hydrogens is 458 g/mol. The van der Waals surface area contributed by atoms with Crippen molar-refractivity contribution in [3.05, 3.63) is 47.7 Å². The Morgan fingerprint density at radius 1 is 1.24 bits per heavy atom. The average Bonchev–Trinajstić information content (AvgIpc) is 3.56. The minimum absolute atomic E-state index is 0.0678. The molecule has 0 saturated heterocycles. The van der Waals surface area contributed by atoms with E-state index in [0.717, 1.165) is 39.4 Å². The van der Waals surface area contributed by atoms with Crippen molar-refractivity contribution < 1.29 is 22.7 Å². The van der Waals surface area contributed by atoms with Crippen molar-refractivity contribution in [3.8, 4) is 11.1 Å². The number of pyridine rings is 1. The third-order valence-electron chi connectivity index (χ3n) is 5.55. The summed E-state index contributed by atoms with van der Waals surface area (Å²) in [6, 6.07) is 9.57. The summed E-state index contributed by atoms with van der Waals surface area (Å²) in [4.78, 5) is 30.4. The van der Waals surface area contributed by atoms with Crippen LogP contribution in [0.2, 0.25) is 0 Å². The van der Waals surface area contributed by atoms with Crippen LogP contribution in [0.25, 0.3) is 11.1 Å². The molecule has 11 heteroatoms. The lowest BCUT2D eigenvalue weighted by atomic mass is 9.98. The van der Waals surface area contributed by atoms with E-state index in [9.17, 15) is 18.0 Å². The van der Waals surface area contributed by atoms with E-state index in [2.05, 4.69) is 10.3 Å². The van der Waals surface area contributed by atoms with Gasteiger partial charge in [-0.25, -0.2) is 19.3 Å². The molecule has 1 saturated carbocycles. The maximum Gasteiger partial charge on any atom is 0.422 e. The molecule has 34 heavy (non-hydrogen) atoms. The number of carbonyl (C=O) groups is 2. The van der Waals surface area contributed by atoms with Gasteiger partial charge in [0, 0.05) is 31.4 Å². The molecule has 1 aromatic heterocycles. The summed E-state index contributed by atoms with van der Waals surface area (Å²) in [6.07, 6.45) is 2.68. The number of nitrogens with one attached hydrogen (secondary N) is 2. The van der Waals surface area contributed by atoms with Crippen LogP contribution in [0.1, 0.15) is 44.7 Å². The highest BCUT2D eigenvalue weighted by Crippen LogP contribution is 2.36. The van der Waals surface area contributed by atoms with Gasteiger partial charge in [-0.2, -0.15) is 12.7 Å². The maximum absolute atomic E-state index is 12.5. The number of ether oxygens (including phenoxy) is 1. The SMILES string of the molecule is CN(Cc1ccc(-c2ccnc3c2CN(C2CC2)C(=O)N3)cc1)S(=O)(=O)NC(=O)OC(C)(C)C. The van der Waals surface area contributed by atoms with E-state index < -0.39 is 21.9 Å². The highest BCUT2D eigenvalue weighted by molar-refractivity contribution is 7.87. The number of rotatable bonds is 6. The fraction of sp³-hybridized carbons (Fsp3) is 0.435. The number of nitrogens with zero attached hydrogens (tertiary/aromatic N) is 3. The first-order valence-electron chi connectivity index (χ1n) is 11.0. The Hall–Kier alpha value is -3.18. The molecule has 0 atom stereocenters. The van der Waals surface area contributed by atoms with Crippen molar-refractivity contribution in [2.24, 2.45) is 0 Å². The summed E-state index contributed by atoms with van der Waals surface area (Å²) >= 11 is 0. The van der Waals surface area contributed by atoms with Gasteiger partial charge in [0.25, 0.3) is 0 Å². The quantitative estimate of drug-likeness (QED) is 0.644. The average molecular weight is 488 g/mol. The number of aromatic nitrogens is 1. The van der Waals surface area contributed by atoms with Gasteiger partial charge in [-0.15, -0.1) is 0 Å². The first kappa shape index (κ1) is 24.0. The Morgan fingerprint density at radius 3 is 2.53 bits per heavy atom. The third-order valence-corrected chi connectivity index (χ3v) is 6.92. The van der Waals surface area contributed by atoms with Gasteiger partial charge in [0.05, 0.1) is 6.54 Å². The number of carbonyl (C=O) groups excluding carboxylic acids is 2. The van der Waals surface area contributed by atoms with Crippen LogP contribution in [0.15, 0.2) is 36.5 Å². The molecule has 4 rings (SSSR count). The molecule has 0 bridgehead atoms. The van der Waals surface area contributed by atoms with Crippen molar-refractivity contribution in [2.45, 2.75) is 58.3 Å². The minimum atomic E-state index is -4.06. The second-order valence-electron chi connectivity index (χ2n) is 9.54. The van der Waals surface area contributed by atoms with Crippen LogP contribution in [0.4, 0.5) is 15.4 Å². The monoisotopic (exact) mass is 487 g/mol.